The van der Waals surface area contributed by atoms with Crippen molar-refractivity contribution in [2.24, 2.45) is 7.05 Å². The van der Waals surface area contributed by atoms with Crippen LogP contribution in [0.25, 0.3) is 0 Å². The summed E-state index contributed by atoms with van der Waals surface area (Å²) in [5.74, 6) is 0.732. The van der Waals surface area contributed by atoms with Crippen LogP contribution in [0.15, 0.2) is 24.4 Å². The molecule has 0 unspecified atom stereocenters. The Morgan fingerprint density at radius 1 is 1.44 bits per heavy atom. The SMILES string of the molecule is CCc1nn(C)cc1Nc1cccc(Cl)n1. The van der Waals surface area contributed by atoms with Gasteiger partial charge in [-0.15, -0.1) is 0 Å². The minimum absolute atomic E-state index is 0.479. The molecule has 16 heavy (non-hydrogen) atoms. The van der Waals surface area contributed by atoms with Gasteiger partial charge in [-0.05, 0) is 18.6 Å². The first-order chi connectivity index (χ1) is 7.69. The molecule has 2 rings (SSSR count). The molecule has 0 saturated heterocycles. The van der Waals surface area contributed by atoms with Gasteiger partial charge in [0.05, 0.1) is 11.4 Å². The van der Waals surface area contributed by atoms with Crippen LogP contribution >= 0.6 is 11.6 Å². The summed E-state index contributed by atoms with van der Waals surface area (Å²) in [6, 6.07) is 5.48. The maximum Gasteiger partial charge on any atom is 0.132 e. The Morgan fingerprint density at radius 3 is 2.94 bits per heavy atom. The van der Waals surface area contributed by atoms with E-state index < -0.39 is 0 Å². The molecule has 2 heterocycles. The Balaban J connectivity index is 2.26. The fourth-order valence-electron chi connectivity index (χ4n) is 1.52. The quantitative estimate of drug-likeness (QED) is 0.834. The van der Waals surface area contributed by atoms with Crippen molar-refractivity contribution < 1.29 is 0 Å². The predicted octanol–water partition coefficient (Wildman–Crippen LogP) is 2.77. The molecule has 0 atom stereocenters. The van der Waals surface area contributed by atoms with Crippen molar-refractivity contribution in [3.05, 3.63) is 35.2 Å². The Kier molecular flexibility index (Phi) is 3.10. The summed E-state index contributed by atoms with van der Waals surface area (Å²) in [5.41, 5.74) is 1.99. The minimum atomic E-state index is 0.479. The third-order valence-corrected chi connectivity index (χ3v) is 2.43. The van der Waals surface area contributed by atoms with Gasteiger partial charge < -0.3 is 5.32 Å². The number of aromatic nitrogens is 3. The minimum Gasteiger partial charge on any atom is -0.337 e. The number of nitrogens with zero attached hydrogens (tertiary/aromatic N) is 3. The largest absolute Gasteiger partial charge is 0.337 e. The smallest absolute Gasteiger partial charge is 0.132 e. The average molecular weight is 237 g/mol. The van der Waals surface area contributed by atoms with Crippen molar-refractivity contribution in [2.75, 3.05) is 5.32 Å². The molecule has 0 aromatic carbocycles. The number of pyridine rings is 1. The molecule has 2 aromatic heterocycles. The summed E-state index contributed by atoms with van der Waals surface area (Å²) in [7, 11) is 1.90. The first kappa shape index (κ1) is 11.0. The van der Waals surface area contributed by atoms with Crippen LogP contribution in [-0.2, 0) is 13.5 Å². The molecule has 0 amide bonds. The van der Waals surface area contributed by atoms with Gasteiger partial charge in [0, 0.05) is 13.2 Å². The molecule has 0 spiro atoms. The monoisotopic (exact) mass is 236 g/mol. The highest BCUT2D eigenvalue weighted by Gasteiger charge is 2.06. The zero-order valence-corrected chi connectivity index (χ0v) is 9.99. The molecular formula is C11H13ClN4. The fourth-order valence-corrected chi connectivity index (χ4v) is 1.68. The van der Waals surface area contributed by atoms with Gasteiger partial charge in [-0.2, -0.15) is 5.10 Å². The molecule has 84 valence electrons. The molecule has 2 aromatic rings. The molecule has 0 fully saturated rings. The van der Waals surface area contributed by atoms with Crippen LogP contribution in [-0.4, -0.2) is 14.8 Å². The lowest BCUT2D eigenvalue weighted by atomic mass is 10.3. The van der Waals surface area contributed by atoms with Crippen LogP contribution in [0.1, 0.15) is 12.6 Å². The summed E-state index contributed by atoms with van der Waals surface area (Å²) in [6.45, 7) is 2.07. The molecule has 0 aliphatic carbocycles. The molecule has 0 bridgehead atoms. The Hall–Kier alpha value is -1.55. The number of hydrogen-bond acceptors (Lipinski definition) is 3. The normalized spacial score (nSPS) is 10.4. The van der Waals surface area contributed by atoms with E-state index >= 15 is 0 Å². The van der Waals surface area contributed by atoms with Gasteiger partial charge in [0.15, 0.2) is 0 Å². The summed E-state index contributed by atoms with van der Waals surface area (Å²) in [4.78, 5) is 4.17. The van der Waals surface area contributed by atoms with Crippen LogP contribution in [0.2, 0.25) is 5.15 Å². The molecule has 5 heteroatoms. The number of anilines is 2. The first-order valence-corrected chi connectivity index (χ1v) is 5.49. The number of halogens is 1. The molecule has 0 radical (unpaired) electrons. The number of rotatable bonds is 3. The van der Waals surface area contributed by atoms with E-state index in [4.69, 9.17) is 11.6 Å². The molecular weight excluding hydrogens is 224 g/mol. The zero-order valence-electron chi connectivity index (χ0n) is 9.24. The van der Waals surface area contributed by atoms with Crippen LogP contribution < -0.4 is 5.32 Å². The lowest BCUT2D eigenvalue weighted by molar-refractivity contribution is 0.746. The molecule has 0 aliphatic heterocycles. The van der Waals surface area contributed by atoms with Gasteiger partial charge in [-0.1, -0.05) is 24.6 Å². The highest BCUT2D eigenvalue weighted by atomic mass is 35.5. The maximum absolute atomic E-state index is 5.82. The summed E-state index contributed by atoms with van der Waals surface area (Å²) in [5, 5.41) is 8.03. The maximum atomic E-state index is 5.82. The predicted molar refractivity (Wildman–Crippen MR) is 65.1 cm³/mol. The van der Waals surface area contributed by atoms with Gasteiger partial charge in [-0.3, -0.25) is 4.68 Å². The van der Waals surface area contributed by atoms with Crippen LogP contribution in [0.4, 0.5) is 11.5 Å². The second kappa shape index (κ2) is 4.53. The Morgan fingerprint density at radius 2 is 2.25 bits per heavy atom. The van der Waals surface area contributed by atoms with E-state index in [0.29, 0.717) is 5.15 Å². The van der Waals surface area contributed by atoms with E-state index in [2.05, 4.69) is 22.3 Å². The Labute approximate surface area is 99.3 Å². The van der Waals surface area contributed by atoms with Gasteiger partial charge in [-0.25, -0.2) is 4.98 Å². The standard InChI is InChI=1S/C11H13ClN4/c1-3-8-9(7-16(2)15-8)13-11-6-4-5-10(12)14-11/h4-7H,3H2,1-2H3,(H,13,14). The van der Waals surface area contributed by atoms with Crippen molar-refractivity contribution in [1.82, 2.24) is 14.8 Å². The van der Waals surface area contributed by atoms with E-state index in [9.17, 15) is 0 Å². The highest BCUT2D eigenvalue weighted by Crippen LogP contribution is 2.19. The third kappa shape index (κ3) is 2.33. The summed E-state index contributed by atoms with van der Waals surface area (Å²) < 4.78 is 1.78. The number of aryl methyl sites for hydroxylation is 2. The van der Waals surface area contributed by atoms with Crippen molar-refractivity contribution >= 4 is 23.1 Å². The first-order valence-electron chi connectivity index (χ1n) is 5.11. The van der Waals surface area contributed by atoms with Crippen LogP contribution in [0.5, 0.6) is 0 Å². The van der Waals surface area contributed by atoms with Gasteiger partial charge in [0.2, 0.25) is 0 Å². The van der Waals surface area contributed by atoms with E-state index in [1.807, 2.05) is 25.4 Å². The molecule has 1 N–H and O–H groups in total. The molecule has 0 aliphatic rings. The zero-order chi connectivity index (χ0) is 11.5. The highest BCUT2D eigenvalue weighted by molar-refractivity contribution is 6.29. The Bertz CT molecular complexity index is 492. The van der Waals surface area contributed by atoms with Gasteiger partial charge >= 0.3 is 0 Å². The van der Waals surface area contributed by atoms with Crippen molar-refractivity contribution in [2.45, 2.75) is 13.3 Å². The lowest BCUT2D eigenvalue weighted by Crippen LogP contribution is -1.95. The van der Waals surface area contributed by atoms with E-state index in [1.54, 1.807) is 10.7 Å². The van der Waals surface area contributed by atoms with Crippen molar-refractivity contribution in [3.8, 4) is 0 Å². The topological polar surface area (TPSA) is 42.7 Å². The van der Waals surface area contributed by atoms with Gasteiger partial charge in [0.1, 0.15) is 11.0 Å². The summed E-state index contributed by atoms with van der Waals surface area (Å²) >= 11 is 5.82. The number of hydrogen-bond donors (Lipinski definition) is 1. The third-order valence-electron chi connectivity index (χ3n) is 2.22. The van der Waals surface area contributed by atoms with E-state index in [1.165, 1.54) is 0 Å². The van der Waals surface area contributed by atoms with Crippen LogP contribution in [0.3, 0.4) is 0 Å². The van der Waals surface area contributed by atoms with Crippen molar-refractivity contribution in [1.29, 1.82) is 0 Å². The second-order valence-electron chi connectivity index (χ2n) is 3.49. The van der Waals surface area contributed by atoms with Crippen molar-refractivity contribution in [3.63, 3.8) is 0 Å². The lowest BCUT2D eigenvalue weighted by Gasteiger charge is -2.04. The van der Waals surface area contributed by atoms with Gasteiger partial charge in [0.25, 0.3) is 0 Å². The molecule has 0 saturated carbocycles. The average Bonchev–Trinajstić information content (AvgIpc) is 2.59. The number of nitrogens with one attached hydrogen (secondary N) is 1. The second-order valence-corrected chi connectivity index (χ2v) is 3.87. The molecule has 4 nitrogen and oxygen atoms in total. The summed E-state index contributed by atoms with van der Waals surface area (Å²) in [6.07, 6.45) is 2.81. The van der Waals surface area contributed by atoms with E-state index in [0.717, 1.165) is 23.6 Å². The van der Waals surface area contributed by atoms with Crippen LogP contribution in [0, 0.1) is 0 Å². The fraction of sp³-hybridized carbons (Fsp3) is 0.273. The van der Waals surface area contributed by atoms with E-state index in [-0.39, 0.29) is 0 Å².